The molecule has 2 heterocycles. The lowest BCUT2D eigenvalue weighted by molar-refractivity contribution is -0.139. The molecule has 0 aromatic rings. The van der Waals surface area contributed by atoms with E-state index in [-0.39, 0.29) is 24.9 Å². The first-order chi connectivity index (χ1) is 6.94. The summed E-state index contributed by atoms with van der Waals surface area (Å²) < 4.78 is 9.54. The Morgan fingerprint density at radius 2 is 1.40 bits per heavy atom. The van der Waals surface area contributed by atoms with E-state index in [1.165, 1.54) is 0 Å². The van der Waals surface area contributed by atoms with Gasteiger partial charge in [-0.2, -0.15) is 0 Å². The quantitative estimate of drug-likeness (QED) is 0.523. The molecule has 2 rings (SSSR count). The number of fused-ring (bicyclic) bond motifs is 1. The zero-order valence-corrected chi connectivity index (χ0v) is 8.43. The summed E-state index contributed by atoms with van der Waals surface area (Å²) in [4.78, 5) is 19.8. The molecule has 2 aliphatic heterocycles. The van der Waals surface area contributed by atoms with Gasteiger partial charge in [0.15, 0.2) is 0 Å². The Bertz CT molecular complexity index is 239. The zero-order chi connectivity index (χ0) is 11.5. The smallest absolute Gasteiger partial charge is 0.303 e. The standard InChI is InChI=1S/C6H10O4.C3H4O2/c7-5(8)3-1-2-4-6(9)10;1-3-2(4-3)5-3/h1-4H2,(H,7,8)(H,9,10);2H,1H3. The van der Waals surface area contributed by atoms with Crippen LogP contribution in [0.15, 0.2) is 0 Å². The summed E-state index contributed by atoms with van der Waals surface area (Å²) in [5.74, 6) is -1.82. The average molecular weight is 218 g/mol. The fourth-order valence-electron chi connectivity index (χ4n) is 0.918. The van der Waals surface area contributed by atoms with E-state index in [1.54, 1.807) is 0 Å². The lowest BCUT2D eigenvalue weighted by atomic mass is 10.2. The maximum absolute atomic E-state index is 9.90. The average Bonchev–Trinajstić information content (AvgIpc) is 2.88. The molecule has 86 valence electrons. The third-order valence-corrected chi connectivity index (χ3v) is 2.03. The van der Waals surface area contributed by atoms with Crippen molar-refractivity contribution >= 4 is 11.9 Å². The molecule has 6 nitrogen and oxygen atoms in total. The summed E-state index contributed by atoms with van der Waals surface area (Å²) in [6, 6.07) is 0. The molecular formula is C9H14O6. The molecular weight excluding hydrogens is 204 g/mol. The Kier molecular flexibility index (Phi) is 3.65. The predicted octanol–water partition coefficient (Wildman–Crippen LogP) is 0.805. The van der Waals surface area contributed by atoms with E-state index in [4.69, 9.17) is 19.7 Å². The second-order valence-electron chi connectivity index (χ2n) is 3.58. The molecule has 0 aromatic heterocycles. The minimum absolute atomic E-state index is 0.0628. The number of carboxylic acid groups (broad SMARTS) is 2. The summed E-state index contributed by atoms with van der Waals surface area (Å²) >= 11 is 0. The molecule has 0 saturated carbocycles. The molecule has 15 heavy (non-hydrogen) atoms. The van der Waals surface area contributed by atoms with Gasteiger partial charge < -0.3 is 19.7 Å². The minimum atomic E-state index is -0.870. The molecule has 0 aliphatic carbocycles. The molecule has 0 atom stereocenters. The van der Waals surface area contributed by atoms with Gasteiger partial charge in [0.25, 0.3) is 0 Å². The highest BCUT2D eigenvalue weighted by Crippen LogP contribution is 2.55. The number of epoxide rings is 2. The van der Waals surface area contributed by atoms with Crippen molar-refractivity contribution in [3.8, 4) is 0 Å². The number of carbonyl (C=O) groups is 2. The van der Waals surface area contributed by atoms with Crippen LogP contribution in [0.25, 0.3) is 0 Å². The number of ether oxygens (including phenoxy) is 2. The number of unbranched alkanes of at least 4 members (excludes halogenated alkanes) is 1. The van der Waals surface area contributed by atoms with Crippen molar-refractivity contribution in [2.24, 2.45) is 0 Å². The van der Waals surface area contributed by atoms with Crippen molar-refractivity contribution in [1.29, 1.82) is 0 Å². The van der Waals surface area contributed by atoms with Gasteiger partial charge >= 0.3 is 11.9 Å². The second kappa shape index (κ2) is 4.59. The van der Waals surface area contributed by atoms with Gasteiger partial charge in [-0.25, -0.2) is 0 Å². The van der Waals surface area contributed by atoms with Crippen molar-refractivity contribution in [2.45, 2.75) is 44.7 Å². The van der Waals surface area contributed by atoms with Crippen molar-refractivity contribution in [2.75, 3.05) is 0 Å². The van der Waals surface area contributed by atoms with Gasteiger partial charge in [-0.15, -0.1) is 0 Å². The second-order valence-corrected chi connectivity index (χ2v) is 3.58. The van der Waals surface area contributed by atoms with Crippen LogP contribution < -0.4 is 0 Å². The van der Waals surface area contributed by atoms with Crippen LogP contribution in [0.3, 0.4) is 0 Å². The van der Waals surface area contributed by atoms with Gasteiger partial charge in [0, 0.05) is 12.8 Å². The van der Waals surface area contributed by atoms with Crippen LogP contribution in [-0.4, -0.2) is 34.2 Å². The van der Waals surface area contributed by atoms with Crippen LogP contribution >= 0.6 is 0 Å². The number of rotatable bonds is 5. The van der Waals surface area contributed by atoms with E-state index in [1.807, 2.05) is 6.92 Å². The molecule has 0 radical (unpaired) electrons. The van der Waals surface area contributed by atoms with Gasteiger partial charge in [-0.05, 0) is 19.8 Å². The van der Waals surface area contributed by atoms with E-state index in [0.29, 0.717) is 12.8 Å². The van der Waals surface area contributed by atoms with Gasteiger partial charge in [-0.1, -0.05) is 0 Å². The predicted molar refractivity (Wildman–Crippen MR) is 48.1 cm³/mol. The van der Waals surface area contributed by atoms with Gasteiger partial charge in [0.1, 0.15) is 0 Å². The number of hydrogen-bond acceptors (Lipinski definition) is 4. The number of hydrogen-bond donors (Lipinski definition) is 2. The summed E-state index contributed by atoms with van der Waals surface area (Å²) in [6.07, 6.45) is 1.21. The molecule has 2 N–H and O–H groups in total. The van der Waals surface area contributed by atoms with Crippen molar-refractivity contribution in [1.82, 2.24) is 0 Å². The molecule has 2 aliphatic rings. The maximum Gasteiger partial charge on any atom is 0.303 e. The molecule has 0 bridgehead atoms. The first-order valence-electron chi connectivity index (χ1n) is 4.73. The summed E-state index contributed by atoms with van der Waals surface area (Å²) in [7, 11) is 0. The Labute approximate surface area is 86.8 Å². The molecule has 0 aromatic carbocycles. The maximum atomic E-state index is 9.90. The first-order valence-corrected chi connectivity index (χ1v) is 4.73. The van der Waals surface area contributed by atoms with Crippen LogP contribution in [0.5, 0.6) is 0 Å². The molecule has 6 heteroatoms. The Morgan fingerprint density at radius 3 is 1.53 bits per heavy atom. The normalized spacial score (nSPS) is 29.5. The zero-order valence-electron chi connectivity index (χ0n) is 8.43. The third-order valence-electron chi connectivity index (χ3n) is 2.03. The molecule has 0 spiro atoms. The Morgan fingerprint density at radius 1 is 1.13 bits per heavy atom. The summed E-state index contributed by atoms with van der Waals surface area (Å²) in [5, 5.41) is 16.3. The highest BCUT2D eigenvalue weighted by molar-refractivity contribution is 5.67. The minimum Gasteiger partial charge on any atom is -0.481 e. The highest BCUT2D eigenvalue weighted by atomic mass is 17.0. The van der Waals surface area contributed by atoms with E-state index < -0.39 is 11.9 Å². The van der Waals surface area contributed by atoms with Crippen LogP contribution in [0.1, 0.15) is 32.6 Å². The Balaban J connectivity index is 0.000000180. The number of aliphatic carboxylic acids is 2. The van der Waals surface area contributed by atoms with Gasteiger partial charge in [-0.3, -0.25) is 9.59 Å². The molecule has 0 amide bonds. The monoisotopic (exact) mass is 218 g/mol. The summed E-state index contributed by atoms with van der Waals surface area (Å²) in [5.41, 5.74) is 0. The largest absolute Gasteiger partial charge is 0.481 e. The van der Waals surface area contributed by atoms with Crippen LogP contribution in [-0.2, 0) is 19.1 Å². The fraction of sp³-hybridized carbons (Fsp3) is 0.778. The lowest BCUT2D eigenvalue weighted by Gasteiger charge is -1.92. The number of carboxylic acids is 2. The van der Waals surface area contributed by atoms with Crippen LogP contribution in [0.2, 0.25) is 0 Å². The van der Waals surface area contributed by atoms with Gasteiger partial charge in [0.05, 0.1) is 0 Å². The topological polar surface area (TPSA) is 99.7 Å². The molecule has 2 fully saturated rings. The lowest BCUT2D eigenvalue weighted by Crippen LogP contribution is -1.97. The van der Waals surface area contributed by atoms with Crippen LogP contribution in [0.4, 0.5) is 0 Å². The highest BCUT2D eigenvalue weighted by Gasteiger charge is 2.73. The summed E-state index contributed by atoms with van der Waals surface area (Å²) in [6.45, 7) is 1.93. The third kappa shape index (κ3) is 4.75. The van der Waals surface area contributed by atoms with Gasteiger partial charge in [0.2, 0.25) is 12.1 Å². The van der Waals surface area contributed by atoms with Crippen LogP contribution in [0, 0.1) is 0 Å². The van der Waals surface area contributed by atoms with Crippen molar-refractivity contribution in [3.63, 3.8) is 0 Å². The fourth-order valence-corrected chi connectivity index (χ4v) is 0.918. The van der Waals surface area contributed by atoms with E-state index >= 15 is 0 Å². The van der Waals surface area contributed by atoms with E-state index in [2.05, 4.69) is 0 Å². The first kappa shape index (κ1) is 11.9. The molecule has 2 saturated heterocycles. The SMILES string of the molecule is CC12OC1O2.O=C(O)CCCCC(=O)O. The van der Waals surface area contributed by atoms with E-state index in [0.717, 1.165) is 0 Å². The van der Waals surface area contributed by atoms with E-state index in [9.17, 15) is 9.59 Å². The Hall–Kier alpha value is -1.14. The van der Waals surface area contributed by atoms with Crippen molar-refractivity contribution in [3.05, 3.63) is 0 Å². The van der Waals surface area contributed by atoms with Crippen molar-refractivity contribution < 1.29 is 29.3 Å². The molecule has 0 unspecified atom stereocenters.